The number of hydrogen-bond acceptors (Lipinski definition) is 4. The molecule has 0 aromatic heterocycles. The summed E-state index contributed by atoms with van der Waals surface area (Å²) in [6, 6.07) is 0. The van der Waals surface area contributed by atoms with Crippen LogP contribution in [-0.4, -0.2) is 26.9 Å². The summed E-state index contributed by atoms with van der Waals surface area (Å²) < 4.78 is 9.34. The van der Waals surface area contributed by atoms with Crippen LogP contribution in [0.1, 0.15) is 6.92 Å². The van der Waals surface area contributed by atoms with Crippen molar-refractivity contribution in [1.29, 1.82) is 0 Å². The first kappa shape index (κ1) is 11.2. The van der Waals surface area contributed by atoms with Crippen LogP contribution in [0, 0.1) is 0 Å². The fourth-order valence-electron chi connectivity index (χ4n) is 0.510. The molecule has 0 fully saturated rings. The highest BCUT2D eigenvalue weighted by molar-refractivity contribution is 6.72. The molecule has 0 aliphatic carbocycles. The summed E-state index contributed by atoms with van der Waals surface area (Å²) in [5.74, 6) is -1.78. The fourth-order valence-corrected chi connectivity index (χ4v) is 1.15. The number of hydrogen-bond donors (Lipinski definition) is 0. The molecule has 70 valence electrons. The van der Waals surface area contributed by atoms with Gasteiger partial charge < -0.3 is 9.16 Å². The summed E-state index contributed by atoms with van der Waals surface area (Å²) in [4.78, 5) is 21.6. The van der Waals surface area contributed by atoms with Crippen LogP contribution in [-0.2, 0) is 18.8 Å². The Morgan fingerprint density at radius 2 is 1.67 bits per heavy atom. The first-order valence-electron chi connectivity index (χ1n) is 3.77. The van der Waals surface area contributed by atoms with Gasteiger partial charge in [0.1, 0.15) is 0 Å². The number of carbonyl (C=O) groups is 2. The molecule has 4 nitrogen and oxygen atoms in total. The molecule has 0 saturated carbocycles. The SMILES string of the molecule is CCOC(=O)C(=O)O[Si](C)(C)C. The van der Waals surface area contributed by atoms with E-state index in [0.29, 0.717) is 0 Å². The largest absolute Gasteiger partial charge is 0.512 e. The summed E-state index contributed by atoms with van der Waals surface area (Å²) in [5, 5.41) is 0. The van der Waals surface area contributed by atoms with Gasteiger partial charge in [0.05, 0.1) is 6.61 Å². The van der Waals surface area contributed by atoms with Crippen LogP contribution in [0.2, 0.25) is 19.6 Å². The predicted octanol–water partition coefficient (Wildman–Crippen LogP) is 0.928. The molecule has 0 rings (SSSR count). The molecule has 0 unspecified atom stereocenters. The van der Waals surface area contributed by atoms with E-state index in [0.717, 1.165) is 0 Å². The number of carbonyl (C=O) groups excluding carboxylic acids is 2. The van der Waals surface area contributed by atoms with Crippen LogP contribution in [0.4, 0.5) is 0 Å². The average molecular weight is 190 g/mol. The van der Waals surface area contributed by atoms with Crippen molar-refractivity contribution in [3.63, 3.8) is 0 Å². The van der Waals surface area contributed by atoms with E-state index in [1.54, 1.807) is 6.92 Å². The van der Waals surface area contributed by atoms with Gasteiger partial charge >= 0.3 is 11.9 Å². The first-order valence-corrected chi connectivity index (χ1v) is 7.17. The van der Waals surface area contributed by atoms with Gasteiger partial charge in [-0.2, -0.15) is 0 Å². The maximum atomic E-state index is 10.9. The summed E-state index contributed by atoms with van der Waals surface area (Å²) >= 11 is 0. The molecule has 0 amide bonds. The first-order chi connectivity index (χ1) is 5.37. The minimum Gasteiger partial charge on any atom is -0.512 e. The second kappa shape index (κ2) is 4.25. The van der Waals surface area contributed by atoms with Crippen LogP contribution in [0.5, 0.6) is 0 Å². The summed E-state index contributed by atoms with van der Waals surface area (Å²) in [7, 11) is -1.96. The van der Waals surface area contributed by atoms with Gasteiger partial charge in [-0.15, -0.1) is 0 Å². The Kier molecular flexibility index (Phi) is 3.95. The van der Waals surface area contributed by atoms with Gasteiger partial charge in [0.15, 0.2) is 0 Å². The standard InChI is InChI=1S/C7H14O4Si/c1-5-10-6(8)7(9)11-12(2,3)4/h5H2,1-4H3. The lowest BCUT2D eigenvalue weighted by atomic mass is 10.7. The Morgan fingerprint density at radius 3 is 2.00 bits per heavy atom. The lowest BCUT2D eigenvalue weighted by Gasteiger charge is -2.15. The second-order valence-electron chi connectivity index (χ2n) is 3.22. The quantitative estimate of drug-likeness (QED) is 0.369. The van der Waals surface area contributed by atoms with E-state index in [9.17, 15) is 9.59 Å². The number of ether oxygens (including phenoxy) is 1. The van der Waals surface area contributed by atoms with Crippen molar-refractivity contribution in [3.05, 3.63) is 0 Å². The number of rotatable bonds is 2. The van der Waals surface area contributed by atoms with Crippen molar-refractivity contribution < 1.29 is 18.8 Å². The molecule has 0 saturated heterocycles. The van der Waals surface area contributed by atoms with E-state index >= 15 is 0 Å². The zero-order valence-electron chi connectivity index (χ0n) is 7.84. The van der Waals surface area contributed by atoms with Crippen molar-refractivity contribution in [1.82, 2.24) is 0 Å². The highest BCUT2D eigenvalue weighted by Gasteiger charge is 2.25. The summed E-state index contributed by atoms with van der Waals surface area (Å²) in [5.41, 5.74) is 0. The van der Waals surface area contributed by atoms with Gasteiger partial charge in [-0.1, -0.05) is 0 Å². The second-order valence-corrected chi connectivity index (χ2v) is 7.65. The predicted molar refractivity (Wildman–Crippen MR) is 46.1 cm³/mol. The van der Waals surface area contributed by atoms with E-state index < -0.39 is 20.3 Å². The zero-order chi connectivity index (χ0) is 9.78. The smallest absolute Gasteiger partial charge is 0.416 e. The van der Waals surface area contributed by atoms with Gasteiger partial charge in [0.2, 0.25) is 8.32 Å². The highest BCUT2D eigenvalue weighted by atomic mass is 28.4. The minimum absolute atomic E-state index is 0.194. The molecular weight excluding hydrogens is 176 g/mol. The Hall–Kier alpha value is -0.843. The lowest BCUT2D eigenvalue weighted by molar-refractivity contribution is -0.162. The molecule has 0 bridgehead atoms. The van der Waals surface area contributed by atoms with Crippen molar-refractivity contribution in [2.75, 3.05) is 6.61 Å². The maximum absolute atomic E-state index is 10.9. The topological polar surface area (TPSA) is 52.6 Å². The third kappa shape index (κ3) is 4.89. The Labute approximate surface area is 73.0 Å². The van der Waals surface area contributed by atoms with Gasteiger partial charge in [-0.05, 0) is 26.6 Å². The molecule has 12 heavy (non-hydrogen) atoms. The molecule has 0 spiro atoms. The van der Waals surface area contributed by atoms with Crippen LogP contribution in [0.25, 0.3) is 0 Å². The average Bonchev–Trinajstić information content (AvgIpc) is 1.84. The van der Waals surface area contributed by atoms with Crippen molar-refractivity contribution in [2.24, 2.45) is 0 Å². The summed E-state index contributed by atoms with van der Waals surface area (Å²) in [6.45, 7) is 7.30. The van der Waals surface area contributed by atoms with Gasteiger partial charge in [-0.25, -0.2) is 9.59 Å². The molecule has 0 aliphatic rings. The molecule has 0 aromatic rings. The van der Waals surface area contributed by atoms with E-state index in [-0.39, 0.29) is 6.61 Å². The summed E-state index contributed by atoms with van der Waals surface area (Å²) in [6.07, 6.45) is 0. The van der Waals surface area contributed by atoms with Crippen LogP contribution in [0.15, 0.2) is 0 Å². The molecule has 0 aliphatic heterocycles. The van der Waals surface area contributed by atoms with Crippen molar-refractivity contribution >= 4 is 20.3 Å². The Bertz CT molecular complexity index is 182. The van der Waals surface area contributed by atoms with Gasteiger partial charge in [-0.3, -0.25) is 0 Å². The van der Waals surface area contributed by atoms with E-state index in [4.69, 9.17) is 4.43 Å². The molecule has 0 N–H and O–H groups in total. The maximum Gasteiger partial charge on any atom is 0.416 e. The third-order valence-corrected chi connectivity index (χ3v) is 1.64. The normalized spacial score (nSPS) is 10.7. The molecule has 5 heteroatoms. The fraction of sp³-hybridized carbons (Fsp3) is 0.714. The third-order valence-electron chi connectivity index (χ3n) is 0.841. The Morgan fingerprint density at radius 1 is 1.17 bits per heavy atom. The van der Waals surface area contributed by atoms with Crippen LogP contribution in [0.3, 0.4) is 0 Å². The molecule has 0 heterocycles. The Balaban J connectivity index is 3.97. The van der Waals surface area contributed by atoms with Gasteiger partial charge in [0, 0.05) is 0 Å². The highest BCUT2D eigenvalue weighted by Crippen LogP contribution is 2.03. The monoisotopic (exact) mass is 190 g/mol. The van der Waals surface area contributed by atoms with E-state index in [1.807, 2.05) is 19.6 Å². The molecule has 0 radical (unpaired) electrons. The van der Waals surface area contributed by atoms with Crippen LogP contribution >= 0.6 is 0 Å². The molecular formula is C7H14O4Si. The van der Waals surface area contributed by atoms with Gasteiger partial charge in [0.25, 0.3) is 0 Å². The van der Waals surface area contributed by atoms with Crippen LogP contribution < -0.4 is 0 Å². The van der Waals surface area contributed by atoms with E-state index in [2.05, 4.69) is 4.74 Å². The lowest BCUT2D eigenvalue weighted by Crippen LogP contribution is -2.33. The molecule has 0 atom stereocenters. The van der Waals surface area contributed by atoms with Crippen molar-refractivity contribution in [2.45, 2.75) is 26.6 Å². The number of esters is 1. The zero-order valence-corrected chi connectivity index (χ0v) is 8.84. The molecule has 0 aromatic carbocycles. The van der Waals surface area contributed by atoms with Crippen molar-refractivity contribution in [3.8, 4) is 0 Å². The minimum atomic E-state index is -1.96. The van der Waals surface area contributed by atoms with E-state index in [1.165, 1.54) is 0 Å².